The molecule has 0 spiro atoms. The Morgan fingerprint density at radius 3 is 2.13 bits per heavy atom. The third kappa shape index (κ3) is 4.32. The molecule has 0 aliphatic rings. The van der Waals surface area contributed by atoms with Crippen molar-refractivity contribution in [3.8, 4) is 0 Å². The summed E-state index contributed by atoms with van der Waals surface area (Å²) in [5.74, 6) is -0.508. The third-order valence-electron chi connectivity index (χ3n) is 4.07. The summed E-state index contributed by atoms with van der Waals surface area (Å²) in [4.78, 5) is 12.4. The summed E-state index contributed by atoms with van der Waals surface area (Å²) in [6.45, 7) is 8.00. The number of methoxy groups -OCH3 is 1. The molecule has 0 unspecified atom stereocenters. The monoisotopic (exact) mass is 308 g/mol. The minimum atomic E-state index is -0.275. The lowest BCUT2D eigenvalue weighted by Crippen LogP contribution is -2.25. The molecule has 0 radical (unpaired) electrons. The van der Waals surface area contributed by atoms with Gasteiger partial charge in [-0.05, 0) is 31.4 Å². The van der Waals surface area contributed by atoms with Gasteiger partial charge in [-0.3, -0.25) is 4.79 Å². The number of benzene rings is 2. The number of allylic oxidation sites excluding steroid dienone is 1. The van der Waals surface area contributed by atoms with Crippen molar-refractivity contribution in [1.82, 2.24) is 0 Å². The third-order valence-corrected chi connectivity index (χ3v) is 4.07. The molecule has 2 atom stereocenters. The predicted octanol–water partition coefficient (Wildman–Crippen LogP) is 4.88. The van der Waals surface area contributed by atoms with Crippen molar-refractivity contribution in [2.45, 2.75) is 26.2 Å². The fourth-order valence-electron chi connectivity index (χ4n) is 2.96. The summed E-state index contributed by atoms with van der Waals surface area (Å²) in [6, 6.07) is 18.5. The van der Waals surface area contributed by atoms with Crippen LogP contribution in [0, 0.1) is 12.8 Å². The molecule has 2 nitrogen and oxygen atoms in total. The van der Waals surface area contributed by atoms with E-state index in [-0.39, 0.29) is 17.8 Å². The van der Waals surface area contributed by atoms with Gasteiger partial charge in [-0.25, -0.2) is 0 Å². The zero-order valence-electron chi connectivity index (χ0n) is 14.1. The van der Waals surface area contributed by atoms with Crippen molar-refractivity contribution in [2.75, 3.05) is 7.11 Å². The number of carbonyl (C=O) groups excluding carboxylic acids is 1. The number of rotatable bonds is 6. The topological polar surface area (TPSA) is 26.3 Å². The van der Waals surface area contributed by atoms with Gasteiger partial charge in [0.05, 0.1) is 13.0 Å². The van der Waals surface area contributed by atoms with Crippen LogP contribution in [0.5, 0.6) is 0 Å². The van der Waals surface area contributed by atoms with Crippen molar-refractivity contribution in [3.63, 3.8) is 0 Å². The van der Waals surface area contributed by atoms with Crippen molar-refractivity contribution >= 4 is 5.97 Å². The summed E-state index contributed by atoms with van der Waals surface area (Å²) in [5, 5.41) is 0. The number of hydrogen-bond donors (Lipinski definition) is 0. The lowest BCUT2D eigenvalue weighted by Gasteiger charge is -2.26. The second kappa shape index (κ2) is 7.77. The zero-order valence-corrected chi connectivity index (χ0v) is 14.1. The number of hydrogen-bond acceptors (Lipinski definition) is 2. The van der Waals surface area contributed by atoms with Crippen LogP contribution in [0.3, 0.4) is 0 Å². The Bertz CT molecular complexity index is 656. The lowest BCUT2D eigenvalue weighted by atomic mass is 9.78. The fourth-order valence-corrected chi connectivity index (χ4v) is 2.96. The van der Waals surface area contributed by atoms with E-state index in [1.165, 1.54) is 12.7 Å². The van der Waals surface area contributed by atoms with E-state index in [0.717, 1.165) is 16.7 Å². The molecule has 0 amide bonds. The van der Waals surface area contributed by atoms with Crippen LogP contribution >= 0.6 is 0 Å². The molecule has 0 aromatic heterocycles. The Labute approximate surface area is 138 Å². The van der Waals surface area contributed by atoms with Crippen molar-refractivity contribution in [1.29, 1.82) is 0 Å². The normalized spacial score (nSPS) is 13.2. The van der Waals surface area contributed by atoms with Gasteiger partial charge in [0, 0.05) is 5.92 Å². The molecule has 23 heavy (non-hydrogen) atoms. The molecular weight excluding hydrogens is 284 g/mol. The molecule has 2 heteroatoms. The molecule has 2 rings (SSSR count). The van der Waals surface area contributed by atoms with Crippen LogP contribution in [0.25, 0.3) is 0 Å². The zero-order chi connectivity index (χ0) is 16.8. The largest absolute Gasteiger partial charge is 0.469 e. The number of carbonyl (C=O) groups is 1. The number of ether oxygens (including phenoxy) is 1. The minimum absolute atomic E-state index is 0.0408. The van der Waals surface area contributed by atoms with Crippen molar-refractivity contribution in [3.05, 3.63) is 83.4 Å². The van der Waals surface area contributed by atoms with Crippen LogP contribution in [-0.4, -0.2) is 13.1 Å². The molecule has 0 aliphatic carbocycles. The maximum Gasteiger partial charge on any atom is 0.309 e. The smallest absolute Gasteiger partial charge is 0.309 e. The van der Waals surface area contributed by atoms with Crippen molar-refractivity contribution in [2.24, 2.45) is 5.92 Å². The van der Waals surface area contributed by atoms with Gasteiger partial charge < -0.3 is 4.74 Å². The molecule has 0 heterocycles. The first kappa shape index (κ1) is 17.0. The average molecular weight is 308 g/mol. The Morgan fingerprint density at radius 1 is 1.04 bits per heavy atom. The van der Waals surface area contributed by atoms with Crippen LogP contribution in [-0.2, 0) is 9.53 Å². The van der Waals surface area contributed by atoms with Crippen LogP contribution < -0.4 is 0 Å². The molecule has 120 valence electrons. The molecule has 2 aromatic rings. The Kier molecular flexibility index (Phi) is 5.75. The van der Waals surface area contributed by atoms with Crippen LogP contribution in [0.15, 0.2) is 66.7 Å². The van der Waals surface area contributed by atoms with Gasteiger partial charge in [-0.2, -0.15) is 0 Å². The highest BCUT2D eigenvalue weighted by molar-refractivity contribution is 5.75. The maximum absolute atomic E-state index is 12.4. The van der Waals surface area contributed by atoms with E-state index < -0.39 is 0 Å². The summed E-state index contributed by atoms with van der Waals surface area (Å²) >= 11 is 0. The van der Waals surface area contributed by atoms with E-state index in [1.807, 2.05) is 25.1 Å². The quantitative estimate of drug-likeness (QED) is 0.561. The molecule has 0 aliphatic heterocycles. The second-order valence-electron chi connectivity index (χ2n) is 6.09. The molecule has 2 aromatic carbocycles. The summed E-state index contributed by atoms with van der Waals surface area (Å²) < 4.78 is 5.08. The molecule has 0 bridgehead atoms. The first-order valence-electron chi connectivity index (χ1n) is 7.86. The SMILES string of the molecule is C=C(C)C[C@@H](C(=O)OC)[C@H](c1ccccc1)c1ccc(C)cc1. The van der Waals surface area contributed by atoms with Crippen LogP contribution in [0.4, 0.5) is 0 Å². The van der Waals surface area contributed by atoms with Crippen molar-refractivity contribution < 1.29 is 9.53 Å². The van der Waals surface area contributed by atoms with Gasteiger partial charge in [0.25, 0.3) is 0 Å². The van der Waals surface area contributed by atoms with Gasteiger partial charge in [0.15, 0.2) is 0 Å². The van der Waals surface area contributed by atoms with Gasteiger partial charge in [-0.1, -0.05) is 65.7 Å². The fraction of sp³-hybridized carbons (Fsp3) is 0.286. The summed E-state index contributed by atoms with van der Waals surface area (Å²) in [6.07, 6.45) is 0.611. The molecule has 0 N–H and O–H groups in total. The predicted molar refractivity (Wildman–Crippen MR) is 94.4 cm³/mol. The summed E-state index contributed by atoms with van der Waals surface area (Å²) in [7, 11) is 1.45. The average Bonchev–Trinajstić information content (AvgIpc) is 2.56. The van der Waals surface area contributed by atoms with E-state index in [1.54, 1.807) is 0 Å². The minimum Gasteiger partial charge on any atom is -0.469 e. The first-order chi connectivity index (χ1) is 11.0. The van der Waals surface area contributed by atoms with Gasteiger partial charge in [-0.15, -0.1) is 6.58 Å². The molecule has 0 saturated heterocycles. The van der Waals surface area contributed by atoms with Gasteiger partial charge in [0.1, 0.15) is 0 Å². The Hall–Kier alpha value is -2.35. The van der Waals surface area contributed by atoms with Gasteiger partial charge in [0.2, 0.25) is 0 Å². The first-order valence-corrected chi connectivity index (χ1v) is 7.86. The molecule has 0 saturated carbocycles. The van der Waals surface area contributed by atoms with E-state index in [0.29, 0.717) is 6.42 Å². The highest BCUT2D eigenvalue weighted by Crippen LogP contribution is 2.36. The Morgan fingerprint density at radius 2 is 1.61 bits per heavy atom. The number of esters is 1. The van der Waals surface area contributed by atoms with E-state index in [4.69, 9.17) is 4.74 Å². The standard InChI is InChI=1S/C21H24O2/c1-15(2)14-19(21(22)23-4)20(17-8-6-5-7-9-17)18-12-10-16(3)11-13-18/h5-13,19-20H,1,14H2,2-4H3/t19-,20-/m1/s1. The van der Waals surface area contributed by atoms with Gasteiger partial charge >= 0.3 is 5.97 Å². The van der Waals surface area contributed by atoms with E-state index in [2.05, 4.69) is 49.9 Å². The maximum atomic E-state index is 12.4. The van der Waals surface area contributed by atoms with Crippen LogP contribution in [0.2, 0.25) is 0 Å². The highest BCUT2D eigenvalue weighted by Gasteiger charge is 2.31. The van der Waals surface area contributed by atoms with E-state index in [9.17, 15) is 4.79 Å². The molecule has 0 fully saturated rings. The number of aryl methyl sites for hydroxylation is 1. The van der Waals surface area contributed by atoms with E-state index >= 15 is 0 Å². The van der Waals surface area contributed by atoms with Crippen LogP contribution in [0.1, 0.15) is 36.0 Å². The highest BCUT2D eigenvalue weighted by atomic mass is 16.5. The molecular formula is C21H24O2. The second-order valence-corrected chi connectivity index (χ2v) is 6.09. The summed E-state index contributed by atoms with van der Waals surface area (Å²) in [5.41, 5.74) is 4.43. The Balaban J connectivity index is 2.52. The lowest BCUT2D eigenvalue weighted by molar-refractivity contribution is -0.145.